The Labute approximate surface area is 110 Å². The fraction of sp³-hybridized carbons (Fsp3) is 0.600. The van der Waals surface area contributed by atoms with Crippen LogP contribution in [0.4, 0.5) is 10.1 Å². The average Bonchev–Trinajstić information content (AvgIpc) is 2.37. The Morgan fingerprint density at radius 3 is 2.33 bits per heavy atom. The predicted molar refractivity (Wildman–Crippen MR) is 76.7 cm³/mol. The van der Waals surface area contributed by atoms with Crippen LogP contribution < -0.4 is 10.2 Å². The van der Waals surface area contributed by atoms with Gasteiger partial charge in [-0.15, -0.1) is 0 Å². The van der Waals surface area contributed by atoms with Crippen LogP contribution in [0.2, 0.25) is 0 Å². The number of halogens is 1. The Bertz CT molecular complexity index is 360. The minimum atomic E-state index is -0.119. The van der Waals surface area contributed by atoms with E-state index in [1.165, 1.54) is 0 Å². The van der Waals surface area contributed by atoms with E-state index in [4.69, 9.17) is 0 Å². The topological polar surface area (TPSA) is 15.3 Å². The van der Waals surface area contributed by atoms with Crippen molar-refractivity contribution in [3.05, 3.63) is 29.6 Å². The summed E-state index contributed by atoms with van der Waals surface area (Å²) in [4.78, 5) is 2.28. The molecule has 0 amide bonds. The molecule has 0 fully saturated rings. The van der Waals surface area contributed by atoms with E-state index in [1.807, 2.05) is 20.0 Å². The molecule has 1 atom stereocenters. The molecule has 1 rings (SSSR count). The fourth-order valence-corrected chi connectivity index (χ4v) is 2.27. The molecule has 3 heteroatoms. The molecule has 102 valence electrons. The van der Waals surface area contributed by atoms with Crippen molar-refractivity contribution in [2.24, 2.45) is 0 Å². The van der Waals surface area contributed by atoms with Crippen LogP contribution in [0.5, 0.6) is 0 Å². The number of hydrogen-bond acceptors (Lipinski definition) is 2. The van der Waals surface area contributed by atoms with Crippen molar-refractivity contribution < 1.29 is 4.39 Å². The standard InChI is InChI=1S/C15H25FN2/c1-5-10-18(11-6-2)14-9-7-8-13(16)15(14)12(3)17-4/h7-9,12,17H,5-6,10-11H2,1-4H3. The average molecular weight is 252 g/mol. The molecule has 0 saturated heterocycles. The second-order valence-corrected chi connectivity index (χ2v) is 4.67. The van der Waals surface area contributed by atoms with E-state index in [0.29, 0.717) is 0 Å². The molecule has 0 saturated carbocycles. The molecule has 1 N–H and O–H groups in total. The molecule has 0 aliphatic rings. The summed E-state index contributed by atoms with van der Waals surface area (Å²) in [5, 5.41) is 3.13. The Morgan fingerprint density at radius 2 is 1.83 bits per heavy atom. The lowest BCUT2D eigenvalue weighted by Gasteiger charge is -2.28. The number of benzene rings is 1. The van der Waals surface area contributed by atoms with Gasteiger partial charge in [0.2, 0.25) is 0 Å². The minimum Gasteiger partial charge on any atom is -0.371 e. The Hall–Kier alpha value is -1.09. The molecule has 18 heavy (non-hydrogen) atoms. The number of nitrogens with zero attached hydrogens (tertiary/aromatic N) is 1. The molecule has 2 nitrogen and oxygen atoms in total. The third-order valence-corrected chi connectivity index (χ3v) is 3.22. The summed E-state index contributed by atoms with van der Waals surface area (Å²) in [6.45, 7) is 8.26. The molecule has 1 aromatic carbocycles. The van der Waals surface area contributed by atoms with Crippen molar-refractivity contribution in [2.75, 3.05) is 25.0 Å². The Morgan fingerprint density at radius 1 is 1.22 bits per heavy atom. The van der Waals surface area contributed by atoms with E-state index in [1.54, 1.807) is 12.1 Å². The first-order valence-corrected chi connectivity index (χ1v) is 6.86. The van der Waals surface area contributed by atoms with Crippen LogP contribution in [0.1, 0.15) is 45.2 Å². The number of nitrogens with one attached hydrogen (secondary N) is 1. The molecule has 0 aliphatic carbocycles. The lowest BCUT2D eigenvalue weighted by Crippen LogP contribution is -2.28. The van der Waals surface area contributed by atoms with Crippen LogP contribution in [-0.2, 0) is 0 Å². The van der Waals surface area contributed by atoms with Gasteiger partial charge >= 0.3 is 0 Å². The van der Waals surface area contributed by atoms with Crippen LogP contribution >= 0.6 is 0 Å². The molecule has 0 bridgehead atoms. The predicted octanol–water partition coefficient (Wildman–Crippen LogP) is 3.73. The summed E-state index contributed by atoms with van der Waals surface area (Å²) in [6, 6.07) is 5.40. The van der Waals surface area contributed by atoms with Crippen molar-refractivity contribution in [1.82, 2.24) is 5.32 Å². The highest BCUT2D eigenvalue weighted by molar-refractivity contribution is 5.55. The second kappa shape index (κ2) is 7.37. The summed E-state index contributed by atoms with van der Waals surface area (Å²) >= 11 is 0. The molecule has 0 spiro atoms. The highest BCUT2D eigenvalue weighted by atomic mass is 19.1. The van der Waals surface area contributed by atoms with Gasteiger partial charge in [0.1, 0.15) is 5.82 Å². The van der Waals surface area contributed by atoms with Gasteiger partial charge in [-0.3, -0.25) is 0 Å². The van der Waals surface area contributed by atoms with Gasteiger partial charge in [-0.25, -0.2) is 4.39 Å². The maximum Gasteiger partial charge on any atom is 0.130 e. The van der Waals surface area contributed by atoms with Crippen molar-refractivity contribution in [2.45, 2.75) is 39.7 Å². The van der Waals surface area contributed by atoms with Gasteiger partial charge in [-0.1, -0.05) is 19.9 Å². The van der Waals surface area contributed by atoms with Crippen LogP contribution in [0, 0.1) is 5.82 Å². The van der Waals surface area contributed by atoms with Gasteiger partial charge in [-0.05, 0) is 38.9 Å². The molecule has 1 aromatic rings. The van der Waals surface area contributed by atoms with Crippen LogP contribution in [0.3, 0.4) is 0 Å². The van der Waals surface area contributed by atoms with Gasteiger partial charge in [-0.2, -0.15) is 0 Å². The second-order valence-electron chi connectivity index (χ2n) is 4.67. The van der Waals surface area contributed by atoms with Gasteiger partial charge in [0.25, 0.3) is 0 Å². The lowest BCUT2D eigenvalue weighted by atomic mass is 10.0. The van der Waals surface area contributed by atoms with Crippen LogP contribution in [0.25, 0.3) is 0 Å². The normalized spacial score (nSPS) is 12.5. The van der Waals surface area contributed by atoms with Crippen LogP contribution in [0.15, 0.2) is 18.2 Å². The first-order valence-electron chi connectivity index (χ1n) is 6.86. The Balaban J connectivity index is 3.15. The quantitative estimate of drug-likeness (QED) is 0.795. The highest BCUT2D eigenvalue weighted by Crippen LogP contribution is 2.29. The van der Waals surface area contributed by atoms with Gasteiger partial charge in [0, 0.05) is 30.4 Å². The Kier molecular flexibility index (Phi) is 6.13. The molecule has 0 aliphatic heterocycles. The number of rotatable bonds is 7. The minimum absolute atomic E-state index is 0.0254. The highest BCUT2D eigenvalue weighted by Gasteiger charge is 2.17. The third kappa shape index (κ3) is 3.45. The van der Waals surface area contributed by atoms with E-state index in [-0.39, 0.29) is 11.9 Å². The van der Waals surface area contributed by atoms with E-state index >= 15 is 0 Å². The summed E-state index contributed by atoms with van der Waals surface area (Å²) in [6.07, 6.45) is 2.15. The third-order valence-electron chi connectivity index (χ3n) is 3.22. The zero-order valence-corrected chi connectivity index (χ0v) is 12.0. The van der Waals surface area contributed by atoms with Crippen LogP contribution in [-0.4, -0.2) is 20.1 Å². The smallest absolute Gasteiger partial charge is 0.130 e. The molecule has 0 heterocycles. The number of anilines is 1. The monoisotopic (exact) mass is 252 g/mol. The largest absolute Gasteiger partial charge is 0.371 e. The van der Waals surface area contributed by atoms with E-state index in [0.717, 1.165) is 37.2 Å². The summed E-state index contributed by atoms with van der Waals surface area (Å²) in [7, 11) is 1.87. The van der Waals surface area contributed by atoms with Crippen molar-refractivity contribution in [3.63, 3.8) is 0 Å². The first-order chi connectivity index (χ1) is 8.65. The fourth-order valence-electron chi connectivity index (χ4n) is 2.27. The molecule has 0 radical (unpaired) electrons. The van der Waals surface area contributed by atoms with E-state index in [2.05, 4.69) is 24.1 Å². The molecular weight excluding hydrogens is 227 g/mol. The first kappa shape index (κ1) is 15.0. The molecule has 0 aromatic heterocycles. The summed E-state index contributed by atoms with van der Waals surface area (Å²) < 4.78 is 14.1. The van der Waals surface area contributed by atoms with Gasteiger partial charge < -0.3 is 10.2 Å². The SMILES string of the molecule is CCCN(CCC)c1cccc(F)c1C(C)NC. The van der Waals surface area contributed by atoms with Gasteiger partial charge in [0.15, 0.2) is 0 Å². The zero-order valence-electron chi connectivity index (χ0n) is 12.0. The summed E-state index contributed by atoms with van der Waals surface area (Å²) in [5.41, 5.74) is 1.81. The molecular formula is C15H25FN2. The van der Waals surface area contributed by atoms with Crippen molar-refractivity contribution >= 4 is 5.69 Å². The van der Waals surface area contributed by atoms with E-state index in [9.17, 15) is 4.39 Å². The van der Waals surface area contributed by atoms with E-state index < -0.39 is 0 Å². The maximum absolute atomic E-state index is 14.1. The van der Waals surface area contributed by atoms with Gasteiger partial charge in [0.05, 0.1) is 0 Å². The molecule has 1 unspecified atom stereocenters. The summed E-state index contributed by atoms with van der Waals surface area (Å²) in [5.74, 6) is -0.119. The lowest BCUT2D eigenvalue weighted by molar-refractivity contribution is 0.558. The van der Waals surface area contributed by atoms with Crippen molar-refractivity contribution in [3.8, 4) is 0 Å². The zero-order chi connectivity index (χ0) is 13.5. The number of hydrogen-bond donors (Lipinski definition) is 1. The maximum atomic E-state index is 14.1. The van der Waals surface area contributed by atoms with Crippen molar-refractivity contribution in [1.29, 1.82) is 0 Å².